The zero-order valence-corrected chi connectivity index (χ0v) is 15.4. The number of hydrogen-bond acceptors (Lipinski definition) is 3. The molecule has 142 valence electrons. The molecule has 4 rings (SSSR count). The summed E-state index contributed by atoms with van der Waals surface area (Å²) in [6.45, 7) is 1.51. The topological polar surface area (TPSA) is 59.6 Å². The van der Waals surface area contributed by atoms with Crippen LogP contribution in [0.25, 0.3) is 0 Å². The number of benzene rings is 3. The fourth-order valence-corrected chi connectivity index (χ4v) is 3.21. The predicted molar refractivity (Wildman–Crippen MR) is 108 cm³/mol. The van der Waals surface area contributed by atoms with Crippen LogP contribution in [0.4, 0.5) is 4.79 Å². The first-order valence-corrected chi connectivity index (χ1v) is 9.32. The summed E-state index contributed by atoms with van der Waals surface area (Å²) in [6.07, 6.45) is 0. The zero-order chi connectivity index (χ0) is 19.2. The van der Waals surface area contributed by atoms with E-state index in [-0.39, 0.29) is 12.1 Å². The Bertz CT molecular complexity index is 890. The number of carbonyl (C=O) groups excluding carboxylic acids is 1. The molecule has 2 N–H and O–H groups in total. The summed E-state index contributed by atoms with van der Waals surface area (Å²) in [5, 5.41) is 6.01. The van der Waals surface area contributed by atoms with E-state index in [1.807, 2.05) is 78.9 Å². The summed E-state index contributed by atoms with van der Waals surface area (Å²) >= 11 is 0. The molecule has 1 heterocycles. The lowest BCUT2D eigenvalue weighted by atomic mass is 9.99. The quantitative estimate of drug-likeness (QED) is 0.708. The van der Waals surface area contributed by atoms with Gasteiger partial charge in [0.2, 0.25) is 0 Å². The fraction of sp³-hybridized carbons (Fsp3) is 0.174. The van der Waals surface area contributed by atoms with Crippen molar-refractivity contribution in [2.75, 3.05) is 13.2 Å². The highest BCUT2D eigenvalue weighted by Gasteiger charge is 2.17. The standard InChI is InChI=1S/C23H22N2O3/c26-23(24-16-17-11-12-20-21(15-17)28-14-13-27-20)25-22(18-7-3-1-4-8-18)19-9-5-2-6-10-19/h1-12,15,22H,13-14,16H2,(H2,24,25,26). The van der Waals surface area contributed by atoms with Gasteiger partial charge < -0.3 is 20.1 Å². The van der Waals surface area contributed by atoms with E-state index in [1.165, 1.54) is 0 Å². The minimum atomic E-state index is -0.229. The summed E-state index contributed by atoms with van der Waals surface area (Å²) in [4.78, 5) is 12.6. The Morgan fingerprint density at radius 3 is 2.07 bits per heavy atom. The molecule has 2 amide bonds. The molecule has 0 fully saturated rings. The number of urea groups is 1. The number of carbonyl (C=O) groups is 1. The molecule has 0 aliphatic carbocycles. The molecule has 0 aromatic heterocycles. The van der Waals surface area contributed by atoms with Crippen molar-refractivity contribution in [3.63, 3.8) is 0 Å². The molecule has 0 atom stereocenters. The van der Waals surface area contributed by atoms with Crippen molar-refractivity contribution in [1.82, 2.24) is 10.6 Å². The normalized spacial score (nSPS) is 12.5. The maximum Gasteiger partial charge on any atom is 0.315 e. The van der Waals surface area contributed by atoms with Gasteiger partial charge >= 0.3 is 6.03 Å². The minimum Gasteiger partial charge on any atom is -0.486 e. The number of nitrogens with one attached hydrogen (secondary N) is 2. The van der Waals surface area contributed by atoms with Crippen LogP contribution in [-0.4, -0.2) is 19.2 Å². The van der Waals surface area contributed by atoms with Crippen LogP contribution in [-0.2, 0) is 6.54 Å². The Balaban J connectivity index is 1.43. The van der Waals surface area contributed by atoms with E-state index in [1.54, 1.807) is 0 Å². The van der Waals surface area contributed by atoms with Crippen molar-refractivity contribution in [2.24, 2.45) is 0 Å². The molecule has 0 unspecified atom stereocenters. The van der Waals surface area contributed by atoms with E-state index in [2.05, 4.69) is 10.6 Å². The van der Waals surface area contributed by atoms with Gasteiger partial charge in [-0.3, -0.25) is 0 Å². The Morgan fingerprint density at radius 2 is 1.43 bits per heavy atom. The van der Waals surface area contributed by atoms with Crippen LogP contribution >= 0.6 is 0 Å². The van der Waals surface area contributed by atoms with E-state index in [4.69, 9.17) is 9.47 Å². The maximum absolute atomic E-state index is 12.6. The number of rotatable bonds is 5. The molecular weight excluding hydrogens is 352 g/mol. The summed E-state index contributed by atoms with van der Waals surface area (Å²) in [5.74, 6) is 1.46. The maximum atomic E-state index is 12.6. The molecular formula is C23H22N2O3. The van der Waals surface area contributed by atoms with Gasteiger partial charge in [-0.1, -0.05) is 66.7 Å². The fourth-order valence-electron chi connectivity index (χ4n) is 3.21. The van der Waals surface area contributed by atoms with Crippen LogP contribution in [0.3, 0.4) is 0 Å². The molecule has 1 aliphatic rings. The summed E-state index contributed by atoms with van der Waals surface area (Å²) in [6, 6.07) is 25.1. The Kier molecular flexibility index (Phi) is 5.43. The average Bonchev–Trinajstić information content (AvgIpc) is 2.77. The van der Waals surface area contributed by atoms with Crippen molar-refractivity contribution in [3.8, 4) is 11.5 Å². The highest BCUT2D eigenvalue weighted by molar-refractivity contribution is 5.75. The third kappa shape index (κ3) is 4.26. The van der Waals surface area contributed by atoms with Crippen molar-refractivity contribution in [3.05, 3.63) is 95.6 Å². The Labute approximate surface area is 164 Å². The summed E-state index contributed by atoms with van der Waals surface area (Å²) < 4.78 is 11.1. The molecule has 0 spiro atoms. The van der Waals surface area contributed by atoms with Gasteiger partial charge in [0.15, 0.2) is 11.5 Å². The van der Waals surface area contributed by atoms with Gasteiger partial charge in [-0.25, -0.2) is 4.79 Å². The number of ether oxygens (including phenoxy) is 2. The van der Waals surface area contributed by atoms with Gasteiger partial charge in [-0.05, 0) is 28.8 Å². The summed E-state index contributed by atoms with van der Waals surface area (Å²) in [5.41, 5.74) is 3.02. The first-order valence-electron chi connectivity index (χ1n) is 9.32. The predicted octanol–water partition coefficient (Wildman–Crippen LogP) is 4.05. The van der Waals surface area contributed by atoms with Crippen molar-refractivity contribution in [1.29, 1.82) is 0 Å². The lowest BCUT2D eigenvalue weighted by molar-refractivity contribution is 0.171. The monoisotopic (exact) mass is 374 g/mol. The minimum absolute atomic E-state index is 0.220. The first-order chi connectivity index (χ1) is 13.8. The third-order valence-corrected chi connectivity index (χ3v) is 4.60. The van der Waals surface area contributed by atoms with Gasteiger partial charge in [0.25, 0.3) is 0 Å². The van der Waals surface area contributed by atoms with Gasteiger partial charge in [-0.2, -0.15) is 0 Å². The molecule has 0 saturated heterocycles. The van der Waals surface area contributed by atoms with Crippen LogP contribution in [0, 0.1) is 0 Å². The van der Waals surface area contributed by atoms with Crippen molar-refractivity contribution < 1.29 is 14.3 Å². The van der Waals surface area contributed by atoms with Crippen LogP contribution < -0.4 is 20.1 Å². The van der Waals surface area contributed by atoms with Gasteiger partial charge in [-0.15, -0.1) is 0 Å². The number of fused-ring (bicyclic) bond motifs is 1. The van der Waals surface area contributed by atoms with Crippen molar-refractivity contribution in [2.45, 2.75) is 12.6 Å². The highest BCUT2D eigenvalue weighted by atomic mass is 16.6. The molecule has 5 nitrogen and oxygen atoms in total. The summed E-state index contributed by atoms with van der Waals surface area (Å²) in [7, 11) is 0. The molecule has 0 bridgehead atoms. The van der Waals surface area contributed by atoms with Crippen LogP contribution in [0.15, 0.2) is 78.9 Å². The lowest BCUT2D eigenvalue weighted by Gasteiger charge is -2.21. The lowest BCUT2D eigenvalue weighted by Crippen LogP contribution is -2.38. The van der Waals surface area contributed by atoms with E-state index < -0.39 is 0 Å². The number of hydrogen-bond donors (Lipinski definition) is 2. The third-order valence-electron chi connectivity index (χ3n) is 4.60. The smallest absolute Gasteiger partial charge is 0.315 e. The molecule has 28 heavy (non-hydrogen) atoms. The molecule has 3 aromatic carbocycles. The number of amides is 2. The average molecular weight is 374 g/mol. The van der Waals surface area contributed by atoms with E-state index in [0.717, 1.165) is 28.2 Å². The molecule has 0 radical (unpaired) electrons. The van der Waals surface area contributed by atoms with E-state index in [9.17, 15) is 4.79 Å². The second-order valence-electron chi connectivity index (χ2n) is 6.56. The Hall–Kier alpha value is -3.47. The van der Waals surface area contributed by atoms with Crippen molar-refractivity contribution >= 4 is 6.03 Å². The second-order valence-corrected chi connectivity index (χ2v) is 6.56. The SMILES string of the molecule is O=C(NCc1ccc2c(c1)OCCO2)NC(c1ccccc1)c1ccccc1. The largest absolute Gasteiger partial charge is 0.486 e. The van der Waals surface area contributed by atoms with Gasteiger partial charge in [0.1, 0.15) is 13.2 Å². The molecule has 0 saturated carbocycles. The van der Waals surface area contributed by atoms with Crippen LogP contribution in [0.2, 0.25) is 0 Å². The van der Waals surface area contributed by atoms with Gasteiger partial charge in [0, 0.05) is 6.54 Å². The van der Waals surface area contributed by atoms with E-state index >= 15 is 0 Å². The van der Waals surface area contributed by atoms with Crippen LogP contribution in [0.5, 0.6) is 11.5 Å². The first kappa shape index (κ1) is 17.9. The highest BCUT2D eigenvalue weighted by Crippen LogP contribution is 2.30. The van der Waals surface area contributed by atoms with Crippen LogP contribution in [0.1, 0.15) is 22.7 Å². The molecule has 1 aliphatic heterocycles. The molecule has 5 heteroatoms. The molecule has 3 aromatic rings. The second kappa shape index (κ2) is 8.48. The Morgan fingerprint density at radius 1 is 0.821 bits per heavy atom. The van der Waals surface area contributed by atoms with Gasteiger partial charge in [0.05, 0.1) is 6.04 Å². The zero-order valence-electron chi connectivity index (χ0n) is 15.4. The van der Waals surface area contributed by atoms with E-state index in [0.29, 0.717) is 19.8 Å².